The van der Waals surface area contributed by atoms with Gasteiger partial charge in [0.1, 0.15) is 5.75 Å². The highest BCUT2D eigenvalue weighted by Crippen LogP contribution is 2.22. The van der Waals surface area contributed by atoms with Gasteiger partial charge in [-0.1, -0.05) is 19.9 Å². The van der Waals surface area contributed by atoms with Crippen molar-refractivity contribution in [3.63, 3.8) is 0 Å². The number of methoxy groups -OCH3 is 1. The number of unbranched alkanes of at least 4 members (excludes halogenated alkanes) is 1. The van der Waals surface area contributed by atoms with Crippen molar-refractivity contribution in [1.82, 2.24) is 10.2 Å². The highest BCUT2D eigenvalue weighted by atomic mass is 16.5. The van der Waals surface area contributed by atoms with Crippen LogP contribution in [0.4, 0.5) is 5.69 Å². The second-order valence-corrected chi connectivity index (χ2v) is 5.66. The summed E-state index contributed by atoms with van der Waals surface area (Å²) >= 11 is 0. The zero-order valence-electron chi connectivity index (χ0n) is 14.7. The van der Waals surface area contributed by atoms with E-state index in [-0.39, 0.29) is 5.91 Å². The van der Waals surface area contributed by atoms with E-state index >= 15 is 0 Å². The molecule has 5 heteroatoms. The Hall–Kier alpha value is -1.75. The molecule has 0 unspecified atom stereocenters. The van der Waals surface area contributed by atoms with Gasteiger partial charge in [-0.25, -0.2) is 0 Å². The van der Waals surface area contributed by atoms with Crippen molar-refractivity contribution in [2.75, 3.05) is 39.0 Å². The van der Waals surface area contributed by atoms with Gasteiger partial charge >= 0.3 is 0 Å². The summed E-state index contributed by atoms with van der Waals surface area (Å²) in [6, 6.07) is 5.67. The molecular weight excluding hydrogens is 290 g/mol. The predicted molar refractivity (Wildman–Crippen MR) is 95.8 cm³/mol. The van der Waals surface area contributed by atoms with E-state index in [9.17, 15) is 4.79 Å². The van der Waals surface area contributed by atoms with Gasteiger partial charge in [0.05, 0.1) is 12.8 Å². The molecule has 0 aliphatic carbocycles. The normalized spacial score (nSPS) is 10.8. The van der Waals surface area contributed by atoms with E-state index < -0.39 is 0 Å². The van der Waals surface area contributed by atoms with Crippen LogP contribution < -0.4 is 15.8 Å². The molecule has 0 fully saturated rings. The number of nitrogens with zero attached hydrogens (tertiary/aromatic N) is 1. The summed E-state index contributed by atoms with van der Waals surface area (Å²) in [5.41, 5.74) is 7.54. The van der Waals surface area contributed by atoms with Crippen molar-refractivity contribution in [1.29, 1.82) is 0 Å². The van der Waals surface area contributed by atoms with Gasteiger partial charge in [0.25, 0.3) is 0 Å². The maximum Gasteiger partial charge on any atom is 0.220 e. The average Bonchev–Trinajstić information content (AvgIpc) is 2.56. The quantitative estimate of drug-likeness (QED) is 0.485. The first-order chi connectivity index (χ1) is 11.1. The van der Waals surface area contributed by atoms with E-state index in [1.54, 1.807) is 7.11 Å². The molecule has 23 heavy (non-hydrogen) atoms. The van der Waals surface area contributed by atoms with E-state index in [0.717, 1.165) is 44.6 Å². The molecule has 1 rings (SSSR count). The Morgan fingerprint density at radius 3 is 2.61 bits per heavy atom. The van der Waals surface area contributed by atoms with Crippen molar-refractivity contribution < 1.29 is 9.53 Å². The van der Waals surface area contributed by atoms with E-state index in [2.05, 4.69) is 24.1 Å². The van der Waals surface area contributed by atoms with Gasteiger partial charge in [-0.3, -0.25) is 4.79 Å². The zero-order chi connectivity index (χ0) is 17.1. The summed E-state index contributed by atoms with van der Waals surface area (Å²) in [6.45, 7) is 8.40. The molecule has 3 N–H and O–H groups in total. The third kappa shape index (κ3) is 7.37. The molecule has 0 saturated heterocycles. The summed E-state index contributed by atoms with van der Waals surface area (Å²) in [5.74, 6) is 0.772. The summed E-state index contributed by atoms with van der Waals surface area (Å²) < 4.78 is 5.13. The molecule has 1 aromatic rings. The molecule has 0 aliphatic heterocycles. The minimum absolute atomic E-state index is 0.0993. The van der Waals surface area contributed by atoms with Crippen molar-refractivity contribution in [2.24, 2.45) is 0 Å². The van der Waals surface area contributed by atoms with Gasteiger partial charge in [0.15, 0.2) is 0 Å². The number of rotatable bonds is 11. The smallest absolute Gasteiger partial charge is 0.220 e. The Labute approximate surface area is 140 Å². The highest BCUT2D eigenvalue weighted by Gasteiger charge is 2.05. The summed E-state index contributed by atoms with van der Waals surface area (Å²) in [5, 5.41) is 2.99. The Bertz CT molecular complexity index is 473. The van der Waals surface area contributed by atoms with Crippen LogP contribution in [0.15, 0.2) is 18.2 Å². The van der Waals surface area contributed by atoms with Gasteiger partial charge in [0, 0.05) is 13.0 Å². The summed E-state index contributed by atoms with van der Waals surface area (Å²) in [4.78, 5) is 14.3. The van der Waals surface area contributed by atoms with Crippen LogP contribution in [-0.2, 0) is 11.2 Å². The van der Waals surface area contributed by atoms with E-state index in [1.807, 2.05) is 18.2 Å². The van der Waals surface area contributed by atoms with Crippen LogP contribution in [0.1, 0.15) is 38.7 Å². The second kappa shape index (κ2) is 10.9. The standard InChI is InChI=1S/C18H31N3O2/c1-4-21(5-2)13-7-6-12-20-18(22)11-9-15-8-10-17(23-3)16(19)14-15/h8,10,14H,4-7,9,11-13,19H2,1-3H3,(H,20,22). The van der Waals surface area contributed by atoms with Crippen LogP contribution in [0, 0.1) is 0 Å². The topological polar surface area (TPSA) is 67.6 Å². The Balaban J connectivity index is 2.18. The third-order valence-corrected chi connectivity index (χ3v) is 4.05. The van der Waals surface area contributed by atoms with Crippen LogP contribution in [0.25, 0.3) is 0 Å². The zero-order valence-corrected chi connectivity index (χ0v) is 14.7. The monoisotopic (exact) mass is 321 g/mol. The van der Waals surface area contributed by atoms with Gasteiger partial charge in [0.2, 0.25) is 5.91 Å². The van der Waals surface area contributed by atoms with Crippen molar-refractivity contribution in [3.8, 4) is 5.75 Å². The van der Waals surface area contributed by atoms with E-state index in [1.165, 1.54) is 0 Å². The van der Waals surface area contributed by atoms with Crippen LogP contribution in [0.3, 0.4) is 0 Å². The van der Waals surface area contributed by atoms with Crippen molar-refractivity contribution >= 4 is 11.6 Å². The molecule has 0 radical (unpaired) electrons. The first-order valence-corrected chi connectivity index (χ1v) is 8.52. The number of carbonyl (C=O) groups excluding carboxylic acids is 1. The highest BCUT2D eigenvalue weighted by molar-refractivity contribution is 5.76. The van der Waals surface area contributed by atoms with Crippen LogP contribution in [0.2, 0.25) is 0 Å². The van der Waals surface area contributed by atoms with E-state index in [4.69, 9.17) is 10.5 Å². The summed E-state index contributed by atoms with van der Waals surface area (Å²) in [6.07, 6.45) is 3.33. The lowest BCUT2D eigenvalue weighted by atomic mass is 10.1. The molecule has 1 amide bonds. The molecule has 130 valence electrons. The molecule has 0 bridgehead atoms. The van der Waals surface area contributed by atoms with Crippen molar-refractivity contribution in [3.05, 3.63) is 23.8 Å². The Morgan fingerprint density at radius 1 is 1.26 bits per heavy atom. The van der Waals surface area contributed by atoms with Gasteiger partial charge in [-0.2, -0.15) is 0 Å². The first-order valence-electron chi connectivity index (χ1n) is 8.52. The Kier molecular flexibility index (Phi) is 9.14. The van der Waals surface area contributed by atoms with Gasteiger partial charge in [-0.05, 0) is 56.6 Å². The second-order valence-electron chi connectivity index (χ2n) is 5.66. The number of anilines is 1. The number of aryl methyl sites for hydroxylation is 1. The Morgan fingerprint density at radius 2 is 2.00 bits per heavy atom. The number of ether oxygens (including phenoxy) is 1. The molecular formula is C18H31N3O2. The fourth-order valence-corrected chi connectivity index (χ4v) is 2.51. The fourth-order valence-electron chi connectivity index (χ4n) is 2.51. The SMILES string of the molecule is CCN(CC)CCCCNC(=O)CCc1ccc(OC)c(N)c1. The minimum atomic E-state index is 0.0993. The number of nitrogen functional groups attached to an aromatic ring is 1. The van der Waals surface area contributed by atoms with Crippen molar-refractivity contribution in [2.45, 2.75) is 39.5 Å². The molecule has 0 saturated carbocycles. The van der Waals surface area contributed by atoms with Crippen LogP contribution in [0.5, 0.6) is 5.75 Å². The molecule has 1 aromatic carbocycles. The lowest BCUT2D eigenvalue weighted by molar-refractivity contribution is -0.121. The minimum Gasteiger partial charge on any atom is -0.495 e. The third-order valence-electron chi connectivity index (χ3n) is 4.05. The molecule has 0 atom stereocenters. The van der Waals surface area contributed by atoms with E-state index in [0.29, 0.717) is 24.3 Å². The van der Waals surface area contributed by atoms with Crippen LogP contribution >= 0.6 is 0 Å². The number of hydrogen-bond donors (Lipinski definition) is 2. The van der Waals surface area contributed by atoms with Gasteiger partial charge in [-0.15, -0.1) is 0 Å². The number of nitrogens with two attached hydrogens (primary N) is 1. The first kappa shape index (κ1) is 19.3. The maximum atomic E-state index is 11.9. The molecule has 0 heterocycles. The summed E-state index contributed by atoms with van der Waals surface area (Å²) in [7, 11) is 1.60. The maximum absolute atomic E-state index is 11.9. The lowest BCUT2D eigenvalue weighted by Crippen LogP contribution is -2.27. The number of hydrogen-bond acceptors (Lipinski definition) is 4. The largest absolute Gasteiger partial charge is 0.495 e. The fraction of sp³-hybridized carbons (Fsp3) is 0.611. The predicted octanol–water partition coefficient (Wildman–Crippen LogP) is 2.45. The van der Waals surface area contributed by atoms with Crippen LogP contribution in [-0.4, -0.2) is 44.1 Å². The molecule has 0 aliphatic rings. The number of amides is 1. The average molecular weight is 321 g/mol. The lowest BCUT2D eigenvalue weighted by Gasteiger charge is -2.17. The number of nitrogens with one attached hydrogen (secondary N) is 1. The molecule has 5 nitrogen and oxygen atoms in total. The molecule has 0 spiro atoms. The number of benzene rings is 1. The van der Waals surface area contributed by atoms with Gasteiger partial charge < -0.3 is 20.7 Å². The molecule has 0 aromatic heterocycles. The number of carbonyl (C=O) groups is 1.